The molecule has 2 heterocycles. The van der Waals surface area contributed by atoms with Gasteiger partial charge in [-0.25, -0.2) is 4.98 Å². The van der Waals surface area contributed by atoms with E-state index < -0.39 is 0 Å². The Balaban J connectivity index is 1.38. The van der Waals surface area contributed by atoms with E-state index in [9.17, 15) is 9.59 Å². The number of hydrogen-bond acceptors (Lipinski definition) is 6. The van der Waals surface area contributed by atoms with Crippen LogP contribution in [-0.4, -0.2) is 84.2 Å². The van der Waals surface area contributed by atoms with Crippen LogP contribution in [-0.2, 0) is 9.53 Å². The summed E-state index contributed by atoms with van der Waals surface area (Å²) in [6, 6.07) is 24.8. The lowest BCUT2D eigenvalue weighted by atomic mass is 10.2. The zero-order valence-corrected chi connectivity index (χ0v) is 23.5. The number of anilines is 1. The van der Waals surface area contributed by atoms with Gasteiger partial charge in [0.15, 0.2) is 0 Å². The number of methoxy groups -OCH3 is 1. The minimum Gasteiger partial charge on any atom is -0.497 e. The monoisotopic (exact) mass is 553 g/mol. The van der Waals surface area contributed by atoms with Crippen LogP contribution in [0.25, 0.3) is 16.9 Å². The summed E-state index contributed by atoms with van der Waals surface area (Å²) in [5, 5.41) is 2.98. The standard InChI is InChI=1S/C32H35N5O4/c1-24-7-6-10-27(21-24)37-22-29(25-8-4-3-5-9-25)33-32(37)34-30(38)23-36(16-15-35-17-19-41-20-18-35)31(39)26-11-13-28(40-2)14-12-26/h3-14,21-22H,15-20,23H2,1-2H3,(H,33,34,38). The first kappa shape index (κ1) is 28.1. The first-order valence-electron chi connectivity index (χ1n) is 13.8. The molecule has 0 aliphatic carbocycles. The summed E-state index contributed by atoms with van der Waals surface area (Å²) in [4.78, 5) is 35.7. The molecule has 1 N–H and O–H groups in total. The molecule has 0 saturated carbocycles. The van der Waals surface area contributed by atoms with Gasteiger partial charge in [0.05, 0.1) is 26.0 Å². The molecule has 1 aromatic heterocycles. The number of nitrogens with one attached hydrogen (secondary N) is 1. The lowest BCUT2D eigenvalue weighted by molar-refractivity contribution is -0.117. The molecule has 41 heavy (non-hydrogen) atoms. The summed E-state index contributed by atoms with van der Waals surface area (Å²) >= 11 is 0. The summed E-state index contributed by atoms with van der Waals surface area (Å²) in [7, 11) is 1.58. The molecule has 9 nitrogen and oxygen atoms in total. The van der Waals surface area contributed by atoms with Gasteiger partial charge in [-0.2, -0.15) is 0 Å². The number of hydrogen-bond donors (Lipinski definition) is 1. The van der Waals surface area contributed by atoms with Gasteiger partial charge in [0.2, 0.25) is 11.9 Å². The highest BCUT2D eigenvalue weighted by Crippen LogP contribution is 2.25. The van der Waals surface area contributed by atoms with E-state index in [1.807, 2.05) is 72.3 Å². The van der Waals surface area contributed by atoms with Gasteiger partial charge in [-0.1, -0.05) is 42.5 Å². The predicted molar refractivity (Wildman–Crippen MR) is 159 cm³/mol. The van der Waals surface area contributed by atoms with E-state index in [-0.39, 0.29) is 18.4 Å². The zero-order valence-electron chi connectivity index (χ0n) is 23.5. The summed E-state index contributed by atoms with van der Waals surface area (Å²) in [6.45, 7) is 5.88. The van der Waals surface area contributed by atoms with Crippen LogP contribution in [0.5, 0.6) is 5.75 Å². The van der Waals surface area contributed by atoms with E-state index in [0.717, 1.165) is 35.6 Å². The van der Waals surface area contributed by atoms with Crippen LogP contribution in [0.4, 0.5) is 5.95 Å². The highest BCUT2D eigenvalue weighted by Gasteiger charge is 2.22. The number of nitrogens with zero attached hydrogens (tertiary/aromatic N) is 4. The molecule has 212 valence electrons. The van der Waals surface area contributed by atoms with Crippen LogP contribution >= 0.6 is 0 Å². The molecule has 9 heteroatoms. The number of carbonyl (C=O) groups excluding carboxylic acids is 2. The molecule has 1 aliphatic heterocycles. The van der Waals surface area contributed by atoms with Crippen LogP contribution in [0.3, 0.4) is 0 Å². The summed E-state index contributed by atoms with van der Waals surface area (Å²) < 4.78 is 12.6. The SMILES string of the molecule is COc1ccc(C(=O)N(CCN2CCOCC2)CC(=O)Nc2nc(-c3ccccc3)cn2-c2cccc(C)c2)cc1. The van der Waals surface area contributed by atoms with Crippen LogP contribution in [0.15, 0.2) is 85.1 Å². The molecule has 3 aromatic carbocycles. The number of aryl methyl sites for hydroxylation is 1. The molecule has 0 unspecified atom stereocenters. The van der Waals surface area contributed by atoms with E-state index in [1.165, 1.54) is 0 Å². The highest BCUT2D eigenvalue weighted by atomic mass is 16.5. The second-order valence-corrected chi connectivity index (χ2v) is 9.98. The number of ether oxygens (including phenoxy) is 2. The van der Waals surface area contributed by atoms with Gasteiger partial charge in [0.25, 0.3) is 5.91 Å². The summed E-state index contributed by atoms with van der Waals surface area (Å²) in [5.74, 6) is 0.511. The fourth-order valence-electron chi connectivity index (χ4n) is 4.78. The van der Waals surface area contributed by atoms with E-state index in [4.69, 9.17) is 14.5 Å². The first-order chi connectivity index (χ1) is 20.0. The van der Waals surface area contributed by atoms with E-state index in [1.54, 1.807) is 36.3 Å². The Morgan fingerprint density at radius 1 is 1.00 bits per heavy atom. The molecule has 1 aliphatic rings. The minimum absolute atomic E-state index is 0.115. The van der Waals surface area contributed by atoms with Crippen LogP contribution in [0.2, 0.25) is 0 Å². The number of carbonyl (C=O) groups is 2. The third-order valence-corrected chi connectivity index (χ3v) is 7.06. The van der Waals surface area contributed by atoms with Crippen molar-refractivity contribution in [2.45, 2.75) is 6.92 Å². The van der Waals surface area contributed by atoms with E-state index >= 15 is 0 Å². The van der Waals surface area contributed by atoms with Crippen molar-refractivity contribution in [2.24, 2.45) is 0 Å². The number of aromatic nitrogens is 2. The molecular formula is C32H35N5O4. The maximum atomic E-state index is 13.6. The third-order valence-electron chi connectivity index (χ3n) is 7.06. The van der Waals surface area contributed by atoms with Crippen LogP contribution in [0, 0.1) is 6.92 Å². The molecule has 4 aromatic rings. The Morgan fingerprint density at radius 2 is 1.76 bits per heavy atom. The average molecular weight is 554 g/mol. The zero-order chi connectivity index (χ0) is 28.6. The van der Waals surface area contributed by atoms with Crippen molar-refractivity contribution in [1.82, 2.24) is 19.4 Å². The largest absolute Gasteiger partial charge is 0.497 e. The smallest absolute Gasteiger partial charge is 0.254 e. The Kier molecular flexibility index (Phi) is 9.08. The Hall–Kier alpha value is -4.47. The molecule has 1 fully saturated rings. The maximum Gasteiger partial charge on any atom is 0.254 e. The van der Waals surface area contributed by atoms with Gasteiger partial charge in [0.1, 0.15) is 12.3 Å². The maximum absolute atomic E-state index is 13.6. The van der Waals surface area contributed by atoms with Crippen molar-refractivity contribution in [1.29, 1.82) is 0 Å². The average Bonchev–Trinajstić information content (AvgIpc) is 3.43. The number of rotatable bonds is 10. The van der Waals surface area contributed by atoms with Crippen LogP contribution < -0.4 is 10.1 Å². The van der Waals surface area contributed by atoms with Crippen molar-refractivity contribution in [3.8, 4) is 22.7 Å². The number of benzene rings is 3. The molecule has 0 spiro atoms. The van der Waals surface area contributed by atoms with Gasteiger partial charge < -0.3 is 14.4 Å². The van der Waals surface area contributed by atoms with Gasteiger partial charge in [0, 0.05) is 49.2 Å². The first-order valence-corrected chi connectivity index (χ1v) is 13.8. The summed E-state index contributed by atoms with van der Waals surface area (Å²) in [5.41, 5.74) is 4.15. The Morgan fingerprint density at radius 3 is 2.46 bits per heavy atom. The van der Waals surface area contributed by atoms with Crippen molar-refractivity contribution >= 4 is 17.8 Å². The van der Waals surface area contributed by atoms with Crippen molar-refractivity contribution in [3.05, 3.63) is 96.2 Å². The molecule has 0 bridgehead atoms. The Bertz CT molecular complexity index is 1460. The predicted octanol–water partition coefficient (Wildman–Crippen LogP) is 4.27. The second-order valence-electron chi connectivity index (χ2n) is 9.98. The van der Waals surface area contributed by atoms with E-state index in [2.05, 4.69) is 10.2 Å². The van der Waals surface area contributed by atoms with Crippen LogP contribution in [0.1, 0.15) is 15.9 Å². The second kappa shape index (κ2) is 13.3. The van der Waals surface area contributed by atoms with Gasteiger partial charge in [-0.3, -0.25) is 24.4 Å². The topological polar surface area (TPSA) is 88.9 Å². The van der Waals surface area contributed by atoms with Gasteiger partial charge in [-0.15, -0.1) is 0 Å². The molecule has 1 saturated heterocycles. The molecule has 2 amide bonds. The van der Waals surface area contributed by atoms with Gasteiger partial charge >= 0.3 is 0 Å². The summed E-state index contributed by atoms with van der Waals surface area (Å²) in [6.07, 6.45) is 1.92. The molecule has 0 radical (unpaired) electrons. The third kappa shape index (κ3) is 7.19. The molecule has 0 atom stereocenters. The lowest BCUT2D eigenvalue weighted by Gasteiger charge is -2.30. The number of imidazole rings is 1. The minimum atomic E-state index is -0.326. The molecular weight excluding hydrogens is 518 g/mol. The fourth-order valence-corrected chi connectivity index (χ4v) is 4.78. The normalized spacial score (nSPS) is 13.5. The quantitative estimate of drug-likeness (QED) is 0.316. The van der Waals surface area contributed by atoms with Crippen molar-refractivity contribution in [2.75, 3.05) is 58.4 Å². The molecule has 5 rings (SSSR count). The van der Waals surface area contributed by atoms with Gasteiger partial charge in [-0.05, 0) is 48.9 Å². The fraction of sp³-hybridized carbons (Fsp3) is 0.281. The number of amides is 2. The van der Waals surface area contributed by atoms with Crippen molar-refractivity contribution < 1.29 is 19.1 Å². The number of morpholine rings is 1. The highest BCUT2D eigenvalue weighted by molar-refractivity contribution is 5.99. The lowest BCUT2D eigenvalue weighted by Crippen LogP contribution is -2.45. The van der Waals surface area contributed by atoms with E-state index in [0.29, 0.717) is 43.6 Å². The van der Waals surface area contributed by atoms with Crippen molar-refractivity contribution in [3.63, 3.8) is 0 Å². The Labute approximate surface area is 240 Å².